The maximum absolute atomic E-state index is 5.88. The SMILES string of the molecule is Cl.Cl.[CH2]=[Zr]([CH2]c1ccc(Br)cc1)([CH2]c1ccc(Br)cc1)([C]1=CC=CC1)[c]1c(CC(c2ccccc2)C(C)C)ccc2c1Cc1cc(-c3ccccc3)c(C)cc1-2. The van der Waals surface area contributed by atoms with Crippen molar-refractivity contribution in [1.82, 2.24) is 0 Å². The van der Waals surface area contributed by atoms with Crippen LogP contribution in [0, 0.1) is 12.8 Å². The van der Waals surface area contributed by atoms with E-state index < -0.39 is 18.3 Å². The molecule has 0 amide bonds. The number of hydrogen-bond donors (Lipinski definition) is 0. The predicted octanol–water partition coefficient (Wildman–Crippen LogP) is 14.6. The van der Waals surface area contributed by atoms with Crippen molar-refractivity contribution < 1.29 is 18.3 Å². The summed E-state index contributed by atoms with van der Waals surface area (Å²) >= 11 is 2.81. The van der Waals surface area contributed by atoms with Crippen LogP contribution in [0.25, 0.3) is 22.3 Å². The Morgan fingerprint density at radius 3 is 1.82 bits per heavy atom. The molecular weight excluding hydrogens is 934 g/mol. The van der Waals surface area contributed by atoms with E-state index in [1.807, 2.05) is 0 Å². The van der Waals surface area contributed by atoms with Gasteiger partial charge in [-0.05, 0) is 0 Å². The van der Waals surface area contributed by atoms with E-state index in [0.29, 0.717) is 11.8 Å². The molecule has 0 N–H and O–H groups in total. The summed E-state index contributed by atoms with van der Waals surface area (Å²) in [6.45, 7) is 7.08. The molecule has 1 unspecified atom stereocenters. The van der Waals surface area contributed by atoms with Gasteiger partial charge in [-0.25, -0.2) is 0 Å². The molecule has 0 nitrogen and oxygen atoms in total. The van der Waals surface area contributed by atoms with Gasteiger partial charge < -0.3 is 0 Å². The minimum atomic E-state index is -4.68. The van der Waals surface area contributed by atoms with Crippen LogP contribution >= 0.6 is 56.7 Å². The average molecular weight is 985 g/mol. The van der Waals surface area contributed by atoms with Gasteiger partial charge >= 0.3 is 343 Å². The van der Waals surface area contributed by atoms with E-state index in [2.05, 4.69) is 204 Å². The molecule has 6 aromatic rings. The van der Waals surface area contributed by atoms with Crippen LogP contribution in [-0.4, -0.2) is 4.21 Å². The molecule has 1 atom stereocenters. The van der Waals surface area contributed by atoms with Gasteiger partial charge in [-0.3, -0.25) is 0 Å². The van der Waals surface area contributed by atoms with Crippen LogP contribution in [-0.2, 0) is 39.4 Å². The molecule has 5 heteroatoms. The number of fused-ring (bicyclic) bond motifs is 3. The van der Waals surface area contributed by atoms with Gasteiger partial charge in [-0.1, -0.05) is 0 Å². The Morgan fingerprint density at radius 2 is 1.27 bits per heavy atom. The molecule has 8 rings (SSSR count). The van der Waals surface area contributed by atoms with Crippen molar-refractivity contribution >= 4 is 64.2 Å². The quantitative estimate of drug-likeness (QED) is 0.121. The Morgan fingerprint density at radius 1 is 0.679 bits per heavy atom. The van der Waals surface area contributed by atoms with E-state index in [0.717, 1.165) is 36.5 Å². The summed E-state index contributed by atoms with van der Waals surface area (Å²) in [5, 5.41) is 0. The molecule has 0 bridgehead atoms. The molecule has 0 aromatic heterocycles. The van der Waals surface area contributed by atoms with Crippen LogP contribution in [0.5, 0.6) is 0 Å². The van der Waals surface area contributed by atoms with Gasteiger partial charge in [-0.15, -0.1) is 24.8 Å². The molecule has 2 aliphatic carbocycles. The van der Waals surface area contributed by atoms with Crippen molar-refractivity contribution in [2.75, 3.05) is 0 Å². The van der Waals surface area contributed by atoms with Crippen LogP contribution in [0.15, 0.2) is 164 Å². The third kappa shape index (κ3) is 8.19. The van der Waals surface area contributed by atoms with E-state index in [4.69, 9.17) is 4.21 Å². The molecule has 0 heterocycles. The van der Waals surface area contributed by atoms with E-state index in [-0.39, 0.29) is 24.8 Å². The monoisotopic (exact) mass is 980 g/mol. The van der Waals surface area contributed by atoms with Crippen molar-refractivity contribution in [2.45, 2.75) is 54.2 Å². The Hall–Kier alpha value is -2.91. The van der Waals surface area contributed by atoms with Gasteiger partial charge in [0, 0.05) is 0 Å². The summed E-state index contributed by atoms with van der Waals surface area (Å²) in [5.41, 5.74) is 15.4. The second kappa shape index (κ2) is 17.5. The van der Waals surface area contributed by atoms with E-state index in [9.17, 15) is 0 Å². The molecule has 0 saturated carbocycles. The Kier molecular flexibility index (Phi) is 13.4. The fourth-order valence-corrected chi connectivity index (χ4v) is 27.4. The van der Waals surface area contributed by atoms with Crippen LogP contribution in [0.3, 0.4) is 0 Å². The third-order valence-electron chi connectivity index (χ3n) is 12.4. The number of hydrogen-bond acceptors (Lipinski definition) is 0. The first-order chi connectivity index (χ1) is 26.1. The van der Waals surface area contributed by atoms with Crippen molar-refractivity contribution in [3.63, 3.8) is 0 Å². The fourth-order valence-electron chi connectivity index (χ4n) is 9.81. The van der Waals surface area contributed by atoms with E-state index in [1.165, 1.54) is 61.2 Å². The van der Waals surface area contributed by atoms with Crippen molar-refractivity contribution in [1.29, 1.82) is 0 Å². The molecule has 0 saturated heterocycles. The molecular formula is C51H50Br2Cl2Zr. The Balaban J connectivity index is 0.00000266. The topological polar surface area (TPSA) is 0 Å². The zero-order valence-corrected chi connectivity index (χ0v) is 39.7. The third-order valence-corrected chi connectivity index (χ3v) is 29.5. The summed E-state index contributed by atoms with van der Waals surface area (Å²) in [6.07, 6.45) is 10.1. The normalized spacial score (nSPS) is 13.7. The molecule has 0 spiro atoms. The summed E-state index contributed by atoms with van der Waals surface area (Å²) < 4.78 is 13.3. The molecule has 6 aromatic carbocycles. The van der Waals surface area contributed by atoms with Crippen molar-refractivity contribution in [3.05, 3.63) is 203 Å². The molecule has 0 radical (unpaired) electrons. The second-order valence-electron chi connectivity index (χ2n) is 16.3. The maximum atomic E-state index is 5.88. The number of benzene rings is 6. The first-order valence-corrected chi connectivity index (χ1v) is 28.6. The number of aryl methyl sites for hydroxylation is 1. The van der Waals surface area contributed by atoms with Gasteiger partial charge in [0.2, 0.25) is 0 Å². The summed E-state index contributed by atoms with van der Waals surface area (Å²) in [6, 6.07) is 50.4. The molecule has 56 heavy (non-hydrogen) atoms. The first kappa shape index (κ1) is 42.7. The zero-order chi connectivity index (χ0) is 37.5. The van der Waals surface area contributed by atoms with Crippen LogP contribution in [0.2, 0.25) is 0 Å². The first-order valence-electron chi connectivity index (χ1n) is 19.4. The van der Waals surface area contributed by atoms with Gasteiger partial charge in [0.1, 0.15) is 0 Å². The number of allylic oxidation sites excluding steroid dienone is 4. The second-order valence-corrected chi connectivity index (χ2v) is 32.2. The number of halogens is 4. The average Bonchev–Trinajstić information content (AvgIpc) is 3.86. The number of rotatable bonds is 11. The Bertz CT molecular complexity index is 2410. The van der Waals surface area contributed by atoms with E-state index >= 15 is 0 Å². The fraction of sp³-hybridized carbons (Fsp3) is 0.196. The molecule has 2 aliphatic rings. The van der Waals surface area contributed by atoms with Crippen molar-refractivity contribution in [2.24, 2.45) is 5.92 Å². The van der Waals surface area contributed by atoms with Gasteiger partial charge in [0.05, 0.1) is 0 Å². The molecule has 0 fully saturated rings. The zero-order valence-electron chi connectivity index (χ0n) is 32.4. The minimum absolute atomic E-state index is 0. The summed E-state index contributed by atoms with van der Waals surface area (Å²) in [4.78, 5) is 0. The molecule has 286 valence electrons. The van der Waals surface area contributed by atoms with Crippen LogP contribution < -0.4 is 3.27 Å². The predicted molar refractivity (Wildman–Crippen MR) is 251 cm³/mol. The summed E-state index contributed by atoms with van der Waals surface area (Å²) in [7, 11) is 0. The van der Waals surface area contributed by atoms with Gasteiger partial charge in [0.25, 0.3) is 0 Å². The van der Waals surface area contributed by atoms with E-state index in [1.54, 1.807) is 6.55 Å². The van der Waals surface area contributed by atoms with Gasteiger partial charge in [-0.2, -0.15) is 0 Å². The van der Waals surface area contributed by atoms with Crippen LogP contribution in [0.1, 0.15) is 65.1 Å². The Labute approximate surface area is 364 Å². The standard InChI is InChI=1S/C31H29.2C7H6Br.C5H5.CH2.2ClH.Zr/c1-21(2)29(24-10-6-4-7-11-24)18-23-14-15-28-26(17-23)19-27-20-30(22(3)16-31(27)28)25-12-8-5-9-13-25;2*1-6-2-4-7(8)5-3-6;1-2-4-5-3-1;;;;/h4-16,20-21,29H,18-19H2,1-3H3;2*2-5H,1H2;1-3H,4H2;1H2;2*1H;. The summed E-state index contributed by atoms with van der Waals surface area (Å²) in [5.74, 6) is 0.875. The molecule has 0 aliphatic heterocycles. The van der Waals surface area contributed by atoms with Crippen LogP contribution in [0.4, 0.5) is 0 Å². The van der Waals surface area contributed by atoms with Gasteiger partial charge in [0.15, 0.2) is 0 Å². The van der Waals surface area contributed by atoms with Crippen molar-refractivity contribution in [3.8, 4) is 22.3 Å².